The van der Waals surface area contributed by atoms with Gasteiger partial charge in [-0.25, -0.2) is 4.98 Å². The average Bonchev–Trinajstić information content (AvgIpc) is 2.77. The molecule has 74 valence electrons. The molecule has 2 rings (SSSR count). The third-order valence-corrected chi connectivity index (χ3v) is 2.91. The number of imidazole rings is 1. The molecule has 0 aromatic carbocycles. The molecule has 0 spiro atoms. The number of nitrogens with zero attached hydrogens (tertiary/aromatic N) is 2. The van der Waals surface area contributed by atoms with Gasteiger partial charge in [0.05, 0.1) is 18.6 Å². The van der Waals surface area contributed by atoms with Crippen molar-refractivity contribution >= 4 is 5.82 Å². The van der Waals surface area contributed by atoms with Gasteiger partial charge in [-0.2, -0.15) is 0 Å². The van der Waals surface area contributed by atoms with Crippen LogP contribution < -0.4 is 5.73 Å². The Labute approximate surface area is 84.3 Å². The Kier molecular flexibility index (Phi) is 2.45. The molecule has 0 aliphatic heterocycles. The van der Waals surface area contributed by atoms with Gasteiger partial charge in [0.1, 0.15) is 5.82 Å². The number of nitrogen functional groups attached to an aromatic ring is 1. The van der Waals surface area contributed by atoms with E-state index in [4.69, 9.17) is 12.2 Å². The number of aromatic nitrogens is 2. The summed E-state index contributed by atoms with van der Waals surface area (Å²) in [5.41, 5.74) is 7.03. The first-order valence-corrected chi connectivity index (χ1v) is 5.07. The minimum atomic E-state index is 0.519. The van der Waals surface area contributed by atoms with E-state index in [2.05, 4.69) is 10.9 Å². The summed E-state index contributed by atoms with van der Waals surface area (Å²) in [7, 11) is 0. The molecule has 0 unspecified atom stereocenters. The fourth-order valence-electron chi connectivity index (χ4n) is 2.15. The van der Waals surface area contributed by atoms with E-state index in [-0.39, 0.29) is 0 Å². The van der Waals surface area contributed by atoms with Gasteiger partial charge in [0.25, 0.3) is 0 Å². The molecule has 2 N–H and O–H groups in total. The first-order chi connectivity index (χ1) is 6.83. The third kappa shape index (κ3) is 1.48. The Morgan fingerprint density at radius 3 is 2.93 bits per heavy atom. The van der Waals surface area contributed by atoms with E-state index in [9.17, 15) is 0 Å². The van der Waals surface area contributed by atoms with Crippen molar-refractivity contribution in [2.24, 2.45) is 0 Å². The summed E-state index contributed by atoms with van der Waals surface area (Å²) in [4.78, 5) is 4.36. The summed E-state index contributed by atoms with van der Waals surface area (Å²) >= 11 is 0. The highest BCUT2D eigenvalue weighted by Crippen LogP contribution is 2.35. The smallest absolute Gasteiger partial charge is 0.127 e. The van der Waals surface area contributed by atoms with E-state index in [1.807, 2.05) is 4.57 Å². The first-order valence-electron chi connectivity index (χ1n) is 5.07. The largest absolute Gasteiger partial charge is 0.384 e. The molecular weight excluding hydrogens is 174 g/mol. The predicted molar refractivity (Wildman–Crippen MR) is 56.7 cm³/mol. The van der Waals surface area contributed by atoms with Gasteiger partial charge >= 0.3 is 0 Å². The van der Waals surface area contributed by atoms with E-state index in [0.29, 0.717) is 12.5 Å². The summed E-state index contributed by atoms with van der Waals surface area (Å²) in [6.07, 6.45) is 12.0. The summed E-state index contributed by atoms with van der Waals surface area (Å²) in [5.74, 6) is 3.89. The Morgan fingerprint density at radius 2 is 2.29 bits per heavy atom. The summed E-state index contributed by atoms with van der Waals surface area (Å²) in [6, 6.07) is 0. The standard InChI is InChI=1S/C11H15N3/c1-2-7-14-8-13-10(11(14)12)9-5-3-4-6-9/h1,8-9H,3-7,12H2. The van der Waals surface area contributed by atoms with E-state index >= 15 is 0 Å². The highest BCUT2D eigenvalue weighted by Gasteiger charge is 2.22. The van der Waals surface area contributed by atoms with Crippen LogP contribution >= 0.6 is 0 Å². The molecule has 0 amide bonds. The van der Waals surface area contributed by atoms with Gasteiger partial charge in [-0.1, -0.05) is 18.8 Å². The van der Waals surface area contributed by atoms with Crippen molar-refractivity contribution in [1.82, 2.24) is 9.55 Å². The lowest BCUT2D eigenvalue weighted by molar-refractivity contribution is 0.704. The van der Waals surface area contributed by atoms with Crippen molar-refractivity contribution in [3.8, 4) is 12.3 Å². The lowest BCUT2D eigenvalue weighted by Crippen LogP contribution is -2.04. The molecule has 1 aliphatic carbocycles. The van der Waals surface area contributed by atoms with Gasteiger partial charge in [0.15, 0.2) is 0 Å². The van der Waals surface area contributed by atoms with Gasteiger partial charge in [-0.3, -0.25) is 0 Å². The van der Waals surface area contributed by atoms with Crippen LogP contribution in [-0.2, 0) is 6.54 Å². The molecule has 0 atom stereocenters. The fourth-order valence-corrected chi connectivity index (χ4v) is 2.15. The molecule has 0 bridgehead atoms. The van der Waals surface area contributed by atoms with Crippen LogP contribution in [0.25, 0.3) is 0 Å². The van der Waals surface area contributed by atoms with Crippen LogP contribution in [0.2, 0.25) is 0 Å². The van der Waals surface area contributed by atoms with Crippen LogP contribution in [-0.4, -0.2) is 9.55 Å². The second kappa shape index (κ2) is 3.75. The number of terminal acetylenes is 1. The summed E-state index contributed by atoms with van der Waals surface area (Å²) in [6.45, 7) is 0.519. The fraction of sp³-hybridized carbons (Fsp3) is 0.545. The molecule has 1 aliphatic rings. The Bertz CT molecular complexity index is 353. The highest BCUT2D eigenvalue weighted by molar-refractivity contribution is 5.39. The number of hydrogen-bond acceptors (Lipinski definition) is 2. The molecular formula is C11H15N3. The maximum atomic E-state index is 5.97. The van der Waals surface area contributed by atoms with Gasteiger partial charge in [0, 0.05) is 5.92 Å². The van der Waals surface area contributed by atoms with Crippen molar-refractivity contribution < 1.29 is 0 Å². The Balaban J connectivity index is 2.22. The molecule has 1 saturated carbocycles. The van der Waals surface area contributed by atoms with Crippen LogP contribution in [0.3, 0.4) is 0 Å². The molecule has 1 aromatic rings. The molecule has 3 heteroatoms. The van der Waals surface area contributed by atoms with E-state index in [1.54, 1.807) is 6.33 Å². The van der Waals surface area contributed by atoms with Crippen LogP contribution in [0.15, 0.2) is 6.33 Å². The van der Waals surface area contributed by atoms with Gasteiger partial charge in [0.2, 0.25) is 0 Å². The number of anilines is 1. The minimum absolute atomic E-state index is 0.519. The first kappa shape index (κ1) is 9.14. The Hall–Kier alpha value is -1.43. The number of nitrogens with two attached hydrogens (primary N) is 1. The van der Waals surface area contributed by atoms with Crippen molar-refractivity contribution in [1.29, 1.82) is 0 Å². The van der Waals surface area contributed by atoms with E-state index < -0.39 is 0 Å². The maximum Gasteiger partial charge on any atom is 0.127 e. The third-order valence-electron chi connectivity index (χ3n) is 2.91. The summed E-state index contributed by atoms with van der Waals surface area (Å²) in [5, 5.41) is 0. The second-order valence-electron chi connectivity index (χ2n) is 3.83. The molecule has 1 heterocycles. The molecule has 1 fully saturated rings. The molecule has 0 saturated heterocycles. The zero-order chi connectivity index (χ0) is 9.97. The lowest BCUT2D eigenvalue weighted by atomic mass is 10.0. The zero-order valence-electron chi connectivity index (χ0n) is 8.24. The van der Waals surface area contributed by atoms with Crippen molar-refractivity contribution in [2.45, 2.75) is 38.1 Å². The summed E-state index contributed by atoms with van der Waals surface area (Å²) < 4.78 is 1.84. The average molecular weight is 189 g/mol. The molecule has 14 heavy (non-hydrogen) atoms. The number of hydrogen-bond donors (Lipinski definition) is 1. The predicted octanol–water partition coefficient (Wildman–Crippen LogP) is 1.76. The van der Waals surface area contributed by atoms with Crippen LogP contribution in [0, 0.1) is 12.3 Å². The Morgan fingerprint density at radius 1 is 1.57 bits per heavy atom. The monoisotopic (exact) mass is 189 g/mol. The van der Waals surface area contributed by atoms with E-state index in [0.717, 1.165) is 11.5 Å². The second-order valence-corrected chi connectivity index (χ2v) is 3.83. The topological polar surface area (TPSA) is 43.8 Å². The lowest BCUT2D eigenvalue weighted by Gasteiger charge is -2.07. The molecule has 0 radical (unpaired) electrons. The van der Waals surface area contributed by atoms with Gasteiger partial charge < -0.3 is 10.3 Å². The van der Waals surface area contributed by atoms with Crippen molar-refractivity contribution in [3.05, 3.63) is 12.0 Å². The quantitative estimate of drug-likeness (QED) is 0.720. The van der Waals surface area contributed by atoms with Gasteiger partial charge in [-0.15, -0.1) is 6.42 Å². The van der Waals surface area contributed by atoms with E-state index in [1.165, 1.54) is 25.7 Å². The van der Waals surface area contributed by atoms with Crippen LogP contribution in [0.4, 0.5) is 5.82 Å². The van der Waals surface area contributed by atoms with Crippen LogP contribution in [0.1, 0.15) is 37.3 Å². The molecule has 3 nitrogen and oxygen atoms in total. The maximum absolute atomic E-state index is 5.97. The van der Waals surface area contributed by atoms with Gasteiger partial charge in [-0.05, 0) is 12.8 Å². The normalized spacial score (nSPS) is 17.1. The minimum Gasteiger partial charge on any atom is -0.384 e. The highest BCUT2D eigenvalue weighted by atomic mass is 15.1. The SMILES string of the molecule is C#CCn1cnc(C2CCCC2)c1N. The van der Waals surface area contributed by atoms with Crippen LogP contribution in [0.5, 0.6) is 0 Å². The van der Waals surface area contributed by atoms with Crippen molar-refractivity contribution in [2.75, 3.05) is 5.73 Å². The molecule has 1 aromatic heterocycles. The number of rotatable bonds is 2. The zero-order valence-corrected chi connectivity index (χ0v) is 8.24. The van der Waals surface area contributed by atoms with Crippen molar-refractivity contribution in [3.63, 3.8) is 0 Å².